The molecule has 0 aromatic heterocycles. The number of morpholine rings is 1. The van der Waals surface area contributed by atoms with Gasteiger partial charge in [-0.3, -0.25) is 9.69 Å². The predicted octanol–water partition coefficient (Wildman–Crippen LogP) is 1.64. The van der Waals surface area contributed by atoms with Gasteiger partial charge in [-0.25, -0.2) is 0 Å². The quantitative estimate of drug-likeness (QED) is 0.738. The maximum absolute atomic E-state index is 11.5. The lowest BCUT2D eigenvalue weighted by Crippen LogP contribution is -2.45. The molecule has 90 valence electrons. The summed E-state index contributed by atoms with van der Waals surface area (Å²) in [4.78, 5) is 13.7. The Bertz CT molecular complexity index is 388. The molecule has 17 heavy (non-hydrogen) atoms. The summed E-state index contributed by atoms with van der Waals surface area (Å²) in [6.45, 7) is 6.49. The average Bonchev–Trinajstić information content (AvgIpc) is 2.39. The van der Waals surface area contributed by atoms with Crippen molar-refractivity contribution in [2.24, 2.45) is 0 Å². The third-order valence-electron chi connectivity index (χ3n) is 2.92. The minimum Gasteiger partial charge on any atom is -0.367 e. The number of hydrogen-bond acceptors (Lipinski definition) is 3. The number of carbonyl (C=O) groups is 1. The molecule has 0 saturated carbocycles. The Morgan fingerprint density at radius 3 is 2.94 bits per heavy atom. The van der Waals surface area contributed by atoms with Crippen molar-refractivity contribution in [2.45, 2.75) is 12.6 Å². The number of rotatable bonds is 4. The molecule has 0 amide bonds. The molecule has 3 nitrogen and oxygen atoms in total. The Morgan fingerprint density at radius 2 is 2.24 bits per heavy atom. The van der Waals surface area contributed by atoms with Gasteiger partial charge in [0, 0.05) is 19.6 Å². The van der Waals surface area contributed by atoms with Crippen molar-refractivity contribution in [3.05, 3.63) is 48.6 Å². The van der Waals surface area contributed by atoms with E-state index in [-0.39, 0.29) is 11.9 Å². The van der Waals surface area contributed by atoms with Crippen LogP contribution in [0.2, 0.25) is 0 Å². The highest BCUT2D eigenvalue weighted by molar-refractivity contribution is 5.93. The largest absolute Gasteiger partial charge is 0.367 e. The normalized spacial score (nSPS) is 21.1. The summed E-state index contributed by atoms with van der Waals surface area (Å²) >= 11 is 0. The molecule has 1 fully saturated rings. The van der Waals surface area contributed by atoms with Crippen LogP contribution in [0, 0.1) is 0 Å². The third kappa shape index (κ3) is 3.25. The first-order valence-corrected chi connectivity index (χ1v) is 5.84. The van der Waals surface area contributed by atoms with E-state index in [9.17, 15) is 4.79 Å². The second kappa shape index (κ2) is 5.75. The molecule has 1 heterocycles. The Kier molecular flexibility index (Phi) is 4.07. The smallest absolute Gasteiger partial charge is 0.185 e. The number of ketones is 1. The van der Waals surface area contributed by atoms with Crippen molar-refractivity contribution in [1.82, 2.24) is 4.90 Å². The maximum Gasteiger partial charge on any atom is 0.185 e. The molecule has 1 aliphatic heterocycles. The number of benzene rings is 1. The van der Waals surface area contributed by atoms with Crippen molar-refractivity contribution in [3.63, 3.8) is 0 Å². The van der Waals surface area contributed by atoms with Gasteiger partial charge in [0.15, 0.2) is 5.78 Å². The third-order valence-corrected chi connectivity index (χ3v) is 2.92. The molecule has 2 rings (SSSR count). The van der Waals surface area contributed by atoms with Crippen LogP contribution in [-0.2, 0) is 16.1 Å². The van der Waals surface area contributed by atoms with Crippen LogP contribution in [0.3, 0.4) is 0 Å². The van der Waals surface area contributed by atoms with E-state index in [4.69, 9.17) is 4.74 Å². The van der Waals surface area contributed by atoms with Crippen LogP contribution >= 0.6 is 0 Å². The molecule has 1 aliphatic rings. The van der Waals surface area contributed by atoms with Crippen LogP contribution in [0.5, 0.6) is 0 Å². The van der Waals surface area contributed by atoms with Crippen molar-refractivity contribution in [2.75, 3.05) is 19.7 Å². The van der Waals surface area contributed by atoms with Gasteiger partial charge < -0.3 is 4.74 Å². The Labute approximate surface area is 102 Å². The molecule has 0 radical (unpaired) electrons. The molecule has 1 unspecified atom stereocenters. The highest BCUT2D eigenvalue weighted by Crippen LogP contribution is 2.11. The number of ether oxygens (including phenoxy) is 1. The minimum absolute atomic E-state index is 0.0252. The summed E-state index contributed by atoms with van der Waals surface area (Å²) < 4.78 is 5.44. The van der Waals surface area contributed by atoms with Crippen LogP contribution in [0.15, 0.2) is 43.0 Å². The lowest BCUT2D eigenvalue weighted by molar-refractivity contribution is -0.131. The highest BCUT2D eigenvalue weighted by Gasteiger charge is 2.24. The summed E-state index contributed by atoms with van der Waals surface area (Å²) in [6.07, 6.45) is 1.00. The van der Waals surface area contributed by atoms with Gasteiger partial charge in [-0.2, -0.15) is 0 Å². The Hall–Kier alpha value is -1.45. The number of carbonyl (C=O) groups excluding carboxylic acids is 1. The van der Waals surface area contributed by atoms with E-state index in [1.807, 2.05) is 18.2 Å². The van der Waals surface area contributed by atoms with E-state index in [0.29, 0.717) is 13.2 Å². The monoisotopic (exact) mass is 231 g/mol. The predicted molar refractivity (Wildman–Crippen MR) is 66.7 cm³/mol. The lowest BCUT2D eigenvalue weighted by Gasteiger charge is -2.31. The summed E-state index contributed by atoms with van der Waals surface area (Å²) in [7, 11) is 0. The summed E-state index contributed by atoms with van der Waals surface area (Å²) in [5, 5.41) is 0. The summed E-state index contributed by atoms with van der Waals surface area (Å²) in [6, 6.07) is 10.3. The first-order valence-electron chi connectivity index (χ1n) is 5.84. The van der Waals surface area contributed by atoms with Crippen LogP contribution in [0.1, 0.15) is 5.56 Å². The zero-order valence-corrected chi connectivity index (χ0v) is 9.84. The molecule has 0 spiro atoms. The molecule has 3 heteroatoms. The van der Waals surface area contributed by atoms with Crippen molar-refractivity contribution < 1.29 is 9.53 Å². The van der Waals surface area contributed by atoms with E-state index in [1.165, 1.54) is 11.6 Å². The fourth-order valence-corrected chi connectivity index (χ4v) is 1.99. The molecule has 0 bridgehead atoms. The van der Waals surface area contributed by atoms with Gasteiger partial charge in [0.05, 0.1) is 6.61 Å². The van der Waals surface area contributed by atoms with E-state index < -0.39 is 0 Å². The summed E-state index contributed by atoms with van der Waals surface area (Å²) in [5.74, 6) is -0.0252. The van der Waals surface area contributed by atoms with Crippen LogP contribution in [0.25, 0.3) is 0 Å². The van der Waals surface area contributed by atoms with E-state index in [1.54, 1.807) is 0 Å². The lowest BCUT2D eigenvalue weighted by atomic mass is 10.1. The molecule has 1 atom stereocenters. The number of nitrogens with zero attached hydrogens (tertiary/aromatic N) is 1. The Morgan fingerprint density at radius 1 is 1.47 bits per heavy atom. The van der Waals surface area contributed by atoms with Crippen LogP contribution in [0.4, 0.5) is 0 Å². The van der Waals surface area contributed by atoms with Crippen LogP contribution in [-0.4, -0.2) is 36.5 Å². The van der Waals surface area contributed by atoms with Gasteiger partial charge in [-0.15, -0.1) is 0 Å². The molecule has 0 aliphatic carbocycles. The zero-order valence-electron chi connectivity index (χ0n) is 9.84. The maximum atomic E-state index is 11.5. The number of hydrogen-bond donors (Lipinski definition) is 0. The van der Waals surface area contributed by atoms with Crippen molar-refractivity contribution >= 4 is 5.78 Å². The molecule has 1 aromatic rings. The SMILES string of the molecule is C=CC(=O)C1CN(Cc2ccccc2)CCO1. The van der Waals surface area contributed by atoms with E-state index in [2.05, 4.69) is 23.6 Å². The molecular weight excluding hydrogens is 214 g/mol. The fourth-order valence-electron chi connectivity index (χ4n) is 1.99. The van der Waals surface area contributed by atoms with Crippen molar-refractivity contribution in [1.29, 1.82) is 0 Å². The molecular formula is C14H17NO2. The minimum atomic E-state index is -0.343. The van der Waals surface area contributed by atoms with Gasteiger partial charge >= 0.3 is 0 Å². The van der Waals surface area contributed by atoms with Crippen molar-refractivity contribution in [3.8, 4) is 0 Å². The highest BCUT2D eigenvalue weighted by atomic mass is 16.5. The Balaban J connectivity index is 1.94. The summed E-state index contributed by atoms with van der Waals surface area (Å²) in [5.41, 5.74) is 1.26. The molecule has 0 N–H and O–H groups in total. The zero-order chi connectivity index (χ0) is 12.1. The van der Waals surface area contributed by atoms with Gasteiger partial charge in [0.2, 0.25) is 0 Å². The second-order valence-corrected chi connectivity index (χ2v) is 4.19. The first-order chi connectivity index (χ1) is 8.29. The molecule has 1 aromatic carbocycles. The van der Waals surface area contributed by atoms with Gasteiger partial charge in [-0.1, -0.05) is 36.9 Å². The molecule has 1 saturated heterocycles. The first kappa shape index (κ1) is 12.0. The topological polar surface area (TPSA) is 29.5 Å². The van der Waals surface area contributed by atoms with Gasteiger partial charge in [0.25, 0.3) is 0 Å². The fraction of sp³-hybridized carbons (Fsp3) is 0.357. The standard InChI is InChI=1S/C14H17NO2/c1-2-13(16)14-11-15(8-9-17-14)10-12-6-4-3-5-7-12/h2-7,14H,1,8-11H2. The van der Waals surface area contributed by atoms with Gasteiger partial charge in [-0.05, 0) is 11.6 Å². The van der Waals surface area contributed by atoms with Gasteiger partial charge in [0.1, 0.15) is 6.10 Å². The van der Waals surface area contributed by atoms with Crippen LogP contribution < -0.4 is 0 Å². The van der Waals surface area contributed by atoms with E-state index in [0.717, 1.165) is 13.1 Å². The average molecular weight is 231 g/mol. The second-order valence-electron chi connectivity index (χ2n) is 4.19. The van der Waals surface area contributed by atoms with E-state index >= 15 is 0 Å².